The lowest BCUT2D eigenvalue weighted by atomic mass is 10.0. The van der Waals surface area contributed by atoms with Crippen LogP contribution in [0.5, 0.6) is 0 Å². The van der Waals surface area contributed by atoms with Crippen LogP contribution in [0.3, 0.4) is 0 Å². The zero-order valence-corrected chi connectivity index (χ0v) is 7.84. The van der Waals surface area contributed by atoms with E-state index < -0.39 is 18.1 Å². The minimum atomic E-state index is -1.56. The van der Waals surface area contributed by atoms with Crippen LogP contribution < -0.4 is 5.73 Å². The Kier molecular flexibility index (Phi) is 3.22. The van der Waals surface area contributed by atoms with E-state index in [-0.39, 0.29) is 0 Å². The van der Waals surface area contributed by atoms with Gasteiger partial charge in [-0.05, 0) is 12.5 Å². The van der Waals surface area contributed by atoms with Crippen molar-refractivity contribution in [2.45, 2.75) is 19.1 Å². The van der Waals surface area contributed by atoms with Crippen molar-refractivity contribution in [3.8, 4) is 0 Å². The highest BCUT2D eigenvalue weighted by molar-refractivity contribution is 5.79. The van der Waals surface area contributed by atoms with Crippen molar-refractivity contribution in [2.75, 3.05) is 0 Å². The number of hydrogen-bond acceptors (Lipinski definition) is 3. The number of rotatable bonds is 3. The Labute approximate surface area is 82.0 Å². The molecular formula is C10H13NO3. The number of carbonyl (C=O) groups is 1. The Morgan fingerprint density at radius 2 is 2.07 bits per heavy atom. The number of aliphatic hydroxyl groups excluding tert-OH is 2. The van der Waals surface area contributed by atoms with Gasteiger partial charge in [0.15, 0.2) is 6.10 Å². The standard InChI is InChI=1S/C10H13NO3/c1-6-3-2-4-7(5-6)8(12)9(13)10(11)14/h2-5,8-9,12-13H,1H3,(H2,11,14). The molecule has 0 aliphatic heterocycles. The molecule has 0 saturated carbocycles. The highest BCUT2D eigenvalue weighted by atomic mass is 16.3. The van der Waals surface area contributed by atoms with Crippen LogP contribution in [-0.4, -0.2) is 22.2 Å². The van der Waals surface area contributed by atoms with Crippen molar-refractivity contribution in [3.05, 3.63) is 35.4 Å². The zero-order valence-electron chi connectivity index (χ0n) is 7.84. The van der Waals surface area contributed by atoms with E-state index in [9.17, 15) is 15.0 Å². The number of aryl methyl sites for hydroxylation is 1. The molecule has 0 bridgehead atoms. The summed E-state index contributed by atoms with van der Waals surface area (Å²) in [6, 6.07) is 6.91. The van der Waals surface area contributed by atoms with Crippen LogP contribution in [-0.2, 0) is 4.79 Å². The molecule has 0 aromatic heterocycles. The Morgan fingerprint density at radius 3 is 2.57 bits per heavy atom. The molecule has 4 heteroatoms. The second-order valence-corrected chi connectivity index (χ2v) is 3.21. The van der Waals surface area contributed by atoms with Gasteiger partial charge in [0.05, 0.1) is 0 Å². The lowest BCUT2D eigenvalue weighted by Gasteiger charge is -2.15. The molecule has 14 heavy (non-hydrogen) atoms. The van der Waals surface area contributed by atoms with E-state index in [1.165, 1.54) is 0 Å². The average molecular weight is 195 g/mol. The number of hydrogen-bond donors (Lipinski definition) is 3. The SMILES string of the molecule is Cc1cccc(C(O)C(O)C(N)=O)c1. The van der Waals surface area contributed by atoms with Crippen molar-refractivity contribution in [3.63, 3.8) is 0 Å². The molecule has 1 aromatic rings. The topological polar surface area (TPSA) is 83.6 Å². The van der Waals surface area contributed by atoms with Gasteiger partial charge in [0.2, 0.25) is 5.91 Å². The van der Waals surface area contributed by atoms with Gasteiger partial charge in [0, 0.05) is 0 Å². The van der Waals surface area contributed by atoms with Gasteiger partial charge >= 0.3 is 0 Å². The van der Waals surface area contributed by atoms with E-state index in [4.69, 9.17) is 5.73 Å². The molecule has 0 radical (unpaired) electrons. The second-order valence-electron chi connectivity index (χ2n) is 3.21. The normalized spacial score (nSPS) is 14.8. The highest BCUT2D eigenvalue weighted by Gasteiger charge is 2.22. The molecule has 2 atom stereocenters. The lowest BCUT2D eigenvalue weighted by molar-refractivity contribution is -0.131. The van der Waals surface area contributed by atoms with Crippen molar-refractivity contribution < 1.29 is 15.0 Å². The van der Waals surface area contributed by atoms with Crippen LogP contribution in [0.4, 0.5) is 0 Å². The third kappa shape index (κ3) is 2.31. The molecule has 0 aliphatic rings. The summed E-state index contributed by atoms with van der Waals surface area (Å²) in [5, 5.41) is 18.7. The van der Waals surface area contributed by atoms with Crippen LogP contribution >= 0.6 is 0 Å². The van der Waals surface area contributed by atoms with E-state index in [0.717, 1.165) is 5.56 Å². The van der Waals surface area contributed by atoms with E-state index in [1.807, 2.05) is 13.0 Å². The molecule has 0 heterocycles. The van der Waals surface area contributed by atoms with Crippen molar-refractivity contribution in [1.29, 1.82) is 0 Å². The molecule has 0 fully saturated rings. The fourth-order valence-corrected chi connectivity index (χ4v) is 1.19. The first-order valence-corrected chi connectivity index (χ1v) is 4.24. The molecule has 1 aromatic carbocycles. The zero-order chi connectivity index (χ0) is 10.7. The molecular weight excluding hydrogens is 182 g/mol. The Balaban J connectivity index is 2.89. The summed E-state index contributed by atoms with van der Waals surface area (Å²) in [5.41, 5.74) is 6.29. The minimum absolute atomic E-state index is 0.483. The summed E-state index contributed by atoms with van der Waals surface area (Å²) in [5.74, 6) is -0.931. The smallest absolute Gasteiger partial charge is 0.249 e. The van der Waals surface area contributed by atoms with Crippen molar-refractivity contribution in [1.82, 2.24) is 0 Å². The Morgan fingerprint density at radius 1 is 1.43 bits per heavy atom. The summed E-state index contributed by atoms with van der Waals surface area (Å²) in [6.45, 7) is 1.85. The van der Waals surface area contributed by atoms with Crippen molar-refractivity contribution >= 4 is 5.91 Å². The number of nitrogens with two attached hydrogens (primary N) is 1. The van der Waals surface area contributed by atoms with Crippen LogP contribution in [0.15, 0.2) is 24.3 Å². The predicted molar refractivity (Wildman–Crippen MR) is 51.3 cm³/mol. The Bertz CT molecular complexity index is 338. The summed E-state index contributed by atoms with van der Waals surface area (Å²) in [6.07, 6.45) is -2.82. The fraction of sp³-hybridized carbons (Fsp3) is 0.300. The molecule has 2 unspecified atom stereocenters. The summed E-state index contributed by atoms with van der Waals surface area (Å²) < 4.78 is 0. The number of primary amides is 1. The van der Waals surface area contributed by atoms with E-state index in [2.05, 4.69) is 0 Å². The third-order valence-corrected chi connectivity index (χ3v) is 1.97. The molecule has 4 nitrogen and oxygen atoms in total. The molecule has 1 amide bonds. The van der Waals surface area contributed by atoms with Gasteiger partial charge in [0.1, 0.15) is 6.10 Å². The van der Waals surface area contributed by atoms with Gasteiger partial charge in [-0.15, -0.1) is 0 Å². The molecule has 76 valence electrons. The van der Waals surface area contributed by atoms with Gasteiger partial charge < -0.3 is 15.9 Å². The molecule has 0 saturated heterocycles. The average Bonchev–Trinajstić information content (AvgIpc) is 2.15. The first kappa shape index (κ1) is 10.7. The van der Waals surface area contributed by atoms with Crippen LogP contribution in [0, 0.1) is 6.92 Å². The summed E-state index contributed by atoms with van der Waals surface area (Å²) in [7, 11) is 0. The molecule has 0 spiro atoms. The number of carbonyl (C=O) groups excluding carboxylic acids is 1. The van der Waals surface area contributed by atoms with E-state index in [0.29, 0.717) is 5.56 Å². The summed E-state index contributed by atoms with van der Waals surface area (Å²) in [4.78, 5) is 10.6. The molecule has 4 N–H and O–H groups in total. The van der Waals surface area contributed by atoms with Gasteiger partial charge in [-0.25, -0.2) is 0 Å². The molecule has 0 aliphatic carbocycles. The summed E-state index contributed by atoms with van der Waals surface area (Å²) >= 11 is 0. The van der Waals surface area contributed by atoms with Crippen LogP contribution in [0.25, 0.3) is 0 Å². The Hall–Kier alpha value is -1.39. The maximum atomic E-state index is 10.6. The van der Waals surface area contributed by atoms with E-state index in [1.54, 1.807) is 18.2 Å². The number of amides is 1. The first-order valence-electron chi connectivity index (χ1n) is 4.24. The molecule has 1 rings (SSSR count). The van der Waals surface area contributed by atoms with Gasteiger partial charge in [-0.3, -0.25) is 4.79 Å². The number of benzene rings is 1. The van der Waals surface area contributed by atoms with E-state index >= 15 is 0 Å². The minimum Gasteiger partial charge on any atom is -0.385 e. The van der Waals surface area contributed by atoms with Crippen LogP contribution in [0.2, 0.25) is 0 Å². The highest BCUT2D eigenvalue weighted by Crippen LogP contribution is 2.17. The lowest BCUT2D eigenvalue weighted by Crippen LogP contribution is -2.33. The fourth-order valence-electron chi connectivity index (χ4n) is 1.19. The first-order chi connectivity index (χ1) is 6.52. The third-order valence-electron chi connectivity index (χ3n) is 1.97. The van der Waals surface area contributed by atoms with Gasteiger partial charge in [0.25, 0.3) is 0 Å². The number of aliphatic hydroxyl groups is 2. The van der Waals surface area contributed by atoms with Gasteiger partial charge in [-0.1, -0.05) is 29.8 Å². The monoisotopic (exact) mass is 195 g/mol. The largest absolute Gasteiger partial charge is 0.385 e. The predicted octanol–water partition coefficient (Wildman–Crippen LogP) is -0.125. The second kappa shape index (κ2) is 4.21. The quantitative estimate of drug-likeness (QED) is 0.628. The van der Waals surface area contributed by atoms with Crippen molar-refractivity contribution in [2.24, 2.45) is 5.73 Å². The maximum absolute atomic E-state index is 10.6. The maximum Gasteiger partial charge on any atom is 0.249 e. The van der Waals surface area contributed by atoms with Crippen LogP contribution in [0.1, 0.15) is 17.2 Å². The van der Waals surface area contributed by atoms with Gasteiger partial charge in [-0.2, -0.15) is 0 Å².